The molecule has 0 aliphatic carbocycles. The molecule has 2 heterocycles. The highest BCUT2D eigenvalue weighted by Gasteiger charge is 2.17. The molecule has 182 valence electrons. The second kappa shape index (κ2) is 10.3. The van der Waals surface area contributed by atoms with Crippen LogP contribution in [0.15, 0.2) is 75.5 Å². The molecule has 0 unspecified atom stereocenters. The van der Waals surface area contributed by atoms with Crippen molar-refractivity contribution in [3.05, 3.63) is 88.8 Å². The summed E-state index contributed by atoms with van der Waals surface area (Å²) in [5.74, 6) is 1.29. The van der Waals surface area contributed by atoms with E-state index in [1.54, 1.807) is 17.5 Å². The van der Waals surface area contributed by atoms with Crippen LogP contribution in [0.3, 0.4) is 0 Å². The molecule has 2 aromatic carbocycles. The fraction of sp³-hybridized carbons (Fsp3) is 0.200. The molecule has 0 aliphatic rings. The number of sulfonamides is 1. The number of amides is 1. The van der Waals surface area contributed by atoms with E-state index in [0.29, 0.717) is 17.4 Å². The van der Waals surface area contributed by atoms with Gasteiger partial charge in [-0.15, -0.1) is 11.3 Å². The fourth-order valence-electron chi connectivity index (χ4n) is 3.33. The summed E-state index contributed by atoms with van der Waals surface area (Å²) >= 11 is 1.18. The molecule has 0 saturated heterocycles. The molecule has 4 aromatic rings. The first-order valence-corrected chi connectivity index (χ1v) is 13.2. The molecule has 8 nitrogen and oxygen atoms in total. The number of carbonyl (C=O) groups excluding carboxylic acids is 1. The number of nitrogens with zero attached hydrogens (tertiary/aromatic N) is 1. The van der Waals surface area contributed by atoms with Gasteiger partial charge in [-0.3, -0.25) is 9.52 Å². The van der Waals surface area contributed by atoms with Gasteiger partial charge >= 0.3 is 0 Å². The lowest BCUT2D eigenvalue weighted by Crippen LogP contribution is -2.13. The summed E-state index contributed by atoms with van der Waals surface area (Å²) in [4.78, 5) is 16.6. The van der Waals surface area contributed by atoms with Crippen LogP contribution >= 0.6 is 11.3 Å². The highest BCUT2D eigenvalue weighted by Crippen LogP contribution is 2.28. The minimum absolute atomic E-state index is 0.0556. The third kappa shape index (κ3) is 6.09. The Morgan fingerprint density at radius 1 is 1.11 bits per heavy atom. The minimum atomic E-state index is -3.77. The lowest BCUT2D eigenvalue weighted by atomic mass is 10.0. The number of rotatable bonds is 9. The molecule has 0 atom stereocenters. The van der Waals surface area contributed by atoms with Crippen molar-refractivity contribution in [3.8, 4) is 5.75 Å². The van der Waals surface area contributed by atoms with E-state index >= 15 is 0 Å². The Balaban J connectivity index is 1.37. The molecule has 0 spiro atoms. The Morgan fingerprint density at radius 3 is 2.57 bits per heavy atom. The average molecular weight is 512 g/mol. The van der Waals surface area contributed by atoms with Gasteiger partial charge in [-0.1, -0.05) is 26.0 Å². The molecule has 2 N–H and O–H groups in total. The van der Waals surface area contributed by atoms with Gasteiger partial charge in [0, 0.05) is 17.3 Å². The van der Waals surface area contributed by atoms with Crippen LogP contribution in [0.5, 0.6) is 5.75 Å². The molecular formula is C25H25N3O5S2. The normalized spacial score (nSPS) is 11.4. The highest BCUT2D eigenvalue weighted by atomic mass is 32.2. The number of hydrogen-bond acceptors (Lipinski definition) is 7. The van der Waals surface area contributed by atoms with E-state index in [1.807, 2.05) is 13.0 Å². The largest absolute Gasteiger partial charge is 0.485 e. The summed E-state index contributed by atoms with van der Waals surface area (Å²) in [6.45, 7) is 6.40. The van der Waals surface area contributed by atoms with E-state index in [4.69, 9.17) is 9.15 Å². The Kier molecular flexibility index (Phi) is 7.23. The van der Waals surface area contributed by atoms with Gasteiger partial charge in [0.25, 0.3) is 15.9 Å². The van der Waals surface area contributed by atoms with Crippen LogP contribution in [0.25, 0.3) is 0 Å². The molecule has 0 radical (unpaired) electrons. The zero-order chi connectivity index (χ0) is 25.0. The Morgan fingerprint density at radius 2 is 1.89 bits per heavy atom. The molecule has 0 fully saturated rings. The topological polar surface area (TPSA) is 111 Å². The first kappa shape index (κ1) is 24.5. The third-order valence-electron chi connectivity index (χ3n) is 5.12. The van der Waals surface area contributed by atoms with E-state index < -0.39 is 15.9 Å². The first-order chi connectivity index (χ1) is 16.7. The van der Waals surface area contributed by atoms with Gasteiger partial charge < -0.3 is 14.5 Å². The quantitative estimate of drug-likeness (QED) is 0.294. The van der Waals surface area contributed by atoms with E-state index in [0.717, 1.165) is 16.9 Å². The summed E-state index contributed by atoms with van der Waals surface area (Å²) in [6.07, 6.45) is 1.51. The number of aryl methyl sites for hydroxylation is 1. The second-order valence-electron chi connectivity index (χ2n) is 8.17. The van der Waals surface area contributed by atoms with Gasteiger partial charge in [0.1, 0.15) is 18.1 Å². The number of ether oxygens (including phenoxy) is 1. The number of carbonyl (C=O) groups is 1. The molecule has 2 aromatic heterocycles. The number of anilines is 2. The standard InChI is InChI=1S/C25H25N3O5S2/c1-16(2)21-10-4-17(3)14-23(21)32-15-19-7-11-22(33-19)24(29)27-18-5-8-20(9-6-18)35(30,31)28-25-26-12-13-34-25/h4-14,16H,15H2,1-3H3,(H,26,28)(H,27,29). The second-order valence-corrected chi connectivity index (χ2v) is 10.7. The van der Waals surface area contributed by atoms with E-state index in [1.165, 1.54) is 41.8 Å². The van der Waals surface area contributed by atoms with Gasteiger partial charge in [-0.2, -0.15) is 0 Å². The van der Waals surface area contributed by atoms with Crippen LogP contribution in [-0.4, -0.2) is 19.3 Å². The lowest BCUT2D eigenvalue weighted by Gasteiger charge is -2.14. The van der Waals surface area contributed by atoms with Gasteiger partial charge in [-0.05, 0) is 66.4 Å². The van der Waals surface area contributed by atoms with Gasteiger partial charge in [0.2, 0.25) is 0 Å². The average Bonchev–Trinajstić information content (AvgIpc) is 3.50. The van der Waals surface area contributed by atoms with Gasteiger partial charge in [-0.25, -0.2) is 13.4 Å². The van der Waals surface area contributed by atoms with Crippen molar-refractivity contribution in [2.75, 3.05) is 10.0 Å². The maximum Gasteiger partial charge on any atom is 0.291 e. The number of nitrogens with one attached hydrogen (secondary N) is 2. The zero-order valence-corrected chi connectivity index (χ0v) is 21.1. The molecule has 1 amide bonds. The summed E-state index contributed by atoms with van der Waals surface area (Å²) in [7, 11) is -3.77. The summed E-state index contributed by atoms with van der Waals surface area (Å²) < 4.78 is 38.9. The Bertz CT molecular complexity index is 1410. The molecule has 35 heavy (non-hydrogen) atoms. The maximum atomic E-state index is 12.6. The van der Waals surface area contributed by atoms with Crippen molar-refractivity contribution in [1.29, 1.82) is 0 Å². The summed E-state index contributed by atoms with van der Waals surface area (Å²) in [5.41, 5.74) is 2.63. The monoisotopic (exact) mass is 511 g/mol. The van der Waals surface area contributed by atoms with Crippen LogP contribution < -0.4 is 14.8 Å². The highest BCUT2D eigenvalue weighted by molar-refractivity contribution is 7.93. The van der Waals surface area contributed by atoms with Gasteiger partial charge in [0.15, 0.2) is 10.9 Å². The Hall–Kier alpha value is -3.63. The van der Waals surface area contributed by atoms with Crippen LogP contribution in [0.2, 0.25) is 0 Å². The van der Waals surface area contributed by atoms with E-state index in [9.17, 15) is 13.2 Å². The van der Waals surface area contributed by atoms with Crippen molar-refractivity contribution < 1.29 is 22.4 Å². The van der Waals surface area contributed by atoms with Crippen LogP contribution in [0.4, 0.5) is 10.8 Å². The lowest BCUT2D eigenvalue weighted by molar-refractivity contribution is 0.0992. The summed E-state index contributed by atoms with van der Waals surface area (Å²) in [6, 6.07) is 15.2. The number of thiazole rings is 1. The van der Waals surface area contributed by atoms with E-state index in [-0.39, 0.29) is 22.4 Å². The number of aromatic nitrogens is 1. The van der Waals surface area contributed by atoms with Crippen molar-refractivity contribution in [2.24, 2.45) is 0 Å². The third-order valence-corrected chi connectivity index (χ3v) is 7.30. The predicted molar refractivity (Wildman–Crippen MR) is 136 cm³/mol. The Labute approximate surface area is 208 Å². The van der Waals surface area contributed by atoms with Crippen LogP contribution in [0, 0.1) is 6.92 Å². The first-order valence-electron chi connectivity index (χ1n) is 10.9. The van der Waals surface area contributed by atoms with Crippen LogP contribution in [-0.2, 0) is 16.6 Å². The van der Waals surface area contributed by atoms with E-state index in [2.05, 4.69) is 41.0 Å². The molecule has 10 heteroatoms. The number of hydrogen-bond donors (Lipinski definition) is 2. The van der Waals surface area contributed by atoms with Crippen molar-refractivity contribution in [3.63, 3.8) is 0 Å². The fourth-order valence-corrected chi connectivity index (χ4v) is 5.12. The molecule has 0 aliphatic heterocycles. The smallest absolute Gasteiger partial charge is 0.291 e. The van der Waals surface area contributed by atoms with Crippen molar-refractivity contribution >= 4 is 38.1 Å². The van der Waals surface area contributed by atoms with Crippen molar-refractivity contribution in [2.45, 2.75) is 38.2 Å². The maximum absolute atomic E-state index is 12.6. The van der Waals surface area contributed by atoms with Gasteiger partial charge in [0.05, 0.1) is 4.90 Å². The van der Waals surface area contributed by atoms with Crippen molar-refractivity contribution in [1.82, 2.24) is 4.98 Å². The molecule has 0 saturated carbocycles. The number of benzene rings is 2. The molecular weight excluding hydrogens is 486 g/mol. The van der Waals surface area contributed by atoms with Crippen LogP contribution in [0.1, 0.15) is 47.2 Å². The minimum Gasteiger partial charge on any atom is -0.485 e. The SMILES string of the molecule is Cc1ccc(C(C)C)c(OCc2ccc(C(=O)Nc3ccc(S(=O)(=O)Nc4nccs4)cc3)o2)c1. The zero-order valence-electron chi connectivity index (χ0n) is 19.4. The molecule has 4 rings (SSSR count). The predicted octanol–water partition coefficient (Wildman–Crippen LogP) is 5.80. The molecule has 0 bridgehead atoms. The summed E-state index contributed by atoms with van der Waals surface area (Å²) in [5, 5.41) is 4.66. The number of furan rings is 1.